The predicted molar refractivity (Wildman–Crippen MR) is 101 cm³/mol. The second-order valence-electron chi connectivity index (χ2n) is 5.29. The maximum absolute atomic E-state index is 13.4. The Morgan fingerprint density at radius 1 is 1.50 bits per heavy atom. The van der Waals surface area contributed by atoms with Crippen molar-refractivity contribution >= 4 is 45.9 Å². The molecule has 1 aromatic rings. The van der Waals surface area contributed by atoms with E-state index in [4.69, 9.17) is 4.74 Å². The lowest BCUT2D eigenvalue weighted by Crippen LogP contribution is -2.41. The first-order valence-corrected chi connectivity index (χ1v) is 7.82. The number of hydrogen-bond donors (Lipinski definition) is 1. The number of aliphatic imine (C=N–C) groups is 1. The Balaban J connectivity index is 0.00000242. The van der Waals surface area contributed by atoms with Gasteiger partial charge in [-0.15, -0.1) is 24.0 Å². The van der Waals surface area contributed by atoms with Crippen LogP contribution in [-0.4, -0.2) is 44.7 Å². The van der Waals surface area contributed by atoms with Crippen molar-refractivity contribution in [2.24, 2.45) is 10.9 Å². The van der Waals surface area contributed by atoms with Crippen LogP contribution >= 0.6 is 39.9 Å². The van der Waals surface area contributed by atoms with Crippen molar-refractivity contribution in [3.05, 3.63) is 34.1 Å². The molecule has 2 rings (SSSR count). The molecule has 0 saturated carbocycles. The zero-order valence-corrected chi connectivity index (χ0v) is 16.7. The number of guanidine groups is 1. The van der Waals surface area contributed by atoms with Gasteiger partial charge in [0.25, 0.3) is 0 Å². The molecule has 22 heavy (non-hydrogen) atoms. The number of nitrogens with one attached hydrogen (secondary N) is 1. The second kappa shape index (κ2) is 9.67. The number of hydrogen-bond acceptors (Lipinski definition) is 2. The number of benzene rings is 1. The summed E-state index contributed by atoms with van der Waals surface area (Å²) in [6.07, 6.45) is 1.10. The van der Waals surface area contributed by atoms with Crippen molar-refractivity contribution in [3.63, 3.8) is 0 Å². The Hall–Kier alpha value is -0.410. The summed E-state index contributed by atoms with van der Waals surface area (Å²) in [7, 11) is 3.76. The Labute approximate surface area is 156 Å². The van der Waals surface area contributed by atoms with E-state index >= 15 is 0 Å². The van der Waals surface area contributed by atoms with Crippen LogP contribution in [0.4, 0.5) is 4.39 Å². The number of nitrogens with zero attached hydrogens (tertiary/aromatic N) is 2. The van der Waals surface area contributed by atoms with Crippen LogP contribution in [0.5, 0.6) is 0 Å². The summed E-state index contributed by atoms with van der Waals surface area (Å²) in [6.45, 7) is 3.11. The van der Waals surface area contributed by atoms with Gasteiger partial charge < -0.3 is 15.0 Å². The maximum atomic E-state index is 13.4. The summed E-state index contributed by atoms with van der Waals surface area (Å²) in [5, 5.41) is 3.26. The van der Waals surface area contributed by atoms with Crippen molar-refractivity contribution in [2.75, 3.05) is 33.9 Å². The molecule has 0 amide bonds. The Morgan fingerprint density at radius 2 is 2.27 bits per heavy atom. The fourth-order valence-electron chi connectivity index (χ4n) is 2.48. The molecule has 1 N–H and O–H groups in total. The van der Waals surface area contributed by atoms with Gasteiger partial charge in [-0.05, 0) is 30.2 Å². The number of ether oxygens (including phenoxy) is 1. The predicted octanol–water partition coefficient (Wildman–Crippen LogP) is 3.25. The van der Waals surface area contributed by atoms with Gasteiger partial charge in [-0.25, -0.2) is 4.39 Å². The van der Waals surface area contributed by atoms with E-state index in [1.165, 1.54) is 12.1 Å². The third kappa shape index (κ3) is 6.00. The molecule has 0 bridgehead atoms. The Morgan fingerprint density at radius 3 is 2.86 bits per heavy atom. The molecule has 0 radical (unpaired) electrons. The van der Waals surface area contributed by atoms with E-state index in [2.05, 4.69) is 31.1 Å². The zero-order valence-electron chi connectivity index (χ0n) is 12.8. The van der Waals surface area contributed by atoms with Gasteiger partial charge in [0.1, 0.15) is 5.82 Å². The average molecular weight is 486 g/mol. The fraction of sp³-hybridized carbons (Fsp3) is 0.533. The van der Waals surface area contributed by atoms with Gasteiger partial charge in [0.2, 0.25) is 0 Å². The van der Waals surface area contributed by atoms with Gasteiger partial charge in [-0.2, -0.15) is 0 Å². The van der Waals surface area contributed by atoms with E-state index in [0.29, 0.717) is 12.5 Å². The van der Waals surface area contributed by atoms with E-state index in [-0.39, 0.29) is 29.8 Å². The van der Waals surface area contributed by atoms with Crippen LogP contribution < -0.4 is 5.32 Å². The largest absolute Gasteiger partial charge is 0.381 e. The molecule has 124 valence electrons. The molecule has 0 aliphatic carbocycles. The SMILES string of the molecule is CN=C(NCc1cc(F)cc(Br)c1)N(C)CC1CCOC1.I. The molecule has 0 spiro atoms. The minimum absolute atomic E-state index is 0. The highest BCUT2D eigenvalue weighted by Crippen LogP contribution is 2.15. The molecule has 1 atom stereocenters. The first kappa shape index (κ1) is 19.6. The molecule has 1 aliphatic heterocycles. The van der Waals surface area contributed by atoms with Gasteiger partial charge in [-0.1, -0.05) is 15.9 Å². The molecular weight excluding hydrogens is 464 g/mol. The summed E-state index contributed by atoms with van der Waals surface area (Å²) in [4.78, 5) is 6.37. The van der Waals surface area contributed by atoms with Crippen molar-refractivity contribution in [1.82, 2.24) is 10.2 Å². The highest BCUT2D eigenvalue weighted by Gasteiger charge is 2.19. The van der Waals surface area contributed by atoms with Gasteiger partial charge in [0.05, 0.1) is 6.61 Å². The number of rotatable bonds is 4. The van der Waals surface area contributed by atoms with Crippen molar-refractivity contribution in [3.8, 4) is 0 Å². The summed E-state index contributed by atoms with van der Waals surface area (Å²) < 4.78 is 19.5. The summed E-state index contributed by atoms with van der Waals surface area (Å²) in [5.41, 5.74) is 0.876. The van der Waals surface area contributed by atoms with Gasteiger partial charge in [-0.3, -0.25) is 4.99 Å². The third-order valence-electron chi connectivity index (χ3n) is 3.50. The molecule has 4 nitrogen and oxygen atoms in total. The minimum Gasteiger partial charge on any atom is -0.381 e. The van der Waals surface area contributed by atoms with Crippen LogP contribution in [0.25, 0.3) is 0 Å². The molecule has 1 saturated heterocycles. The Bertz CT molecular complexity index is 489. The standard InChI is InChI=1S/C15H21BrFN3O.HI/c1-18-15(20(2)9-11-3-4-21-10-11)19-8-12-5-13(16)7-14(17)6-12;/h5-7,11H,3-4,8-10H2,1-2H3,(H,18,19);1H. The molecule has 1 heterocycles. The maximum Gasteiger partial charge on any atom is 0.193 e. The molecule has 1 unspecified atom stereocenters. The molecular formula is C15H22BrFIN3O. The molecule has 1 aliphatic rings. The summed E-state index contributed by atoms with van der Waals surface area (Å²) >= 11 is 3.30. The smallest absolute Gasteiger partial charge is 0.193 e. The van der Waals surface area contributed by atoms with Gasteiger partial charge >= 0.3 is 0 Å². The van der Waals surface area contributed by atoms with Crippen LogP contribution in [0.15, 0.2) is 27.7 Å². The van der Waals surface area contributed by atoms with E-state index in [0.717, 1.165) is 42.2 Å². The monoisotopic (exact) mass is 485 g/mol. The lowest BCUT2D eigenvalue weighted by molar-refractivity contribution is 0.181. The van der Waals surface area contributed by atoms with Crippen molar-refractivity contribution in [2.45, 2.75) is 13.0 Å². The molecule has 1 fully saturated rings. The Kier molecular flexibility index (Phi) is 8.63. The summed E-state index contributed by atoms with van der Waals surface area (Å²) in [6, 6.07) is 4.87. The number of halogens is 3. The topological polar surface area (TPSA) is 36.9 Å². The highest BCUT2D eigenvalue weighted by atomic mass is 127. The fourth-order valence-corrected chi connectivity index (χ4v) is 2.99. The van der Waals surface area contributed by atoms with Crippen LogP contribution in [0.3, 0.4) is 0 Å². The van der Waals surface area contributed by atoms with Crippen molar-refractivity contribution < 1.29 is 9.13 Å². The zero-order chi connectivity index (χ0) is 15.2. The van der Waals surface area contributed by atoms with E-state index in [1.807, 2.05) is 13.1 Å². The van der Waals surface area contributed by atoms with E-state index in [9.17, 15) is 4.39 Å². The van der Waals surface area contributed by atoms with Gasteiger partial charge in [0.15, 0.2) is 5.96 Å². The minimum atomic E-state index is -0.243. The lowest BCUT2D eigenvalue weighted by Gasteiger charge is -2.24. The third-order valence-corrected chi connectivity index (χ3v) is 3.96. The first-order valence-electron chi connectivity index (χ1n) is 7.03. The lowest BCUT2D eigenvalue weighted by atomic mass is 10.1. The van der Waals surface area contributed by atoms with Crippen LogP contribution in [-0.2, 0) is 11.3 Å². The molecule has 0 aromatic heterocycles. The van der Waals surface area contributed by atoms with E-state index < -0.39 is 0 Å². The first-order chi connectivity index (χ1) is 10.1. The highest BCUT2D eigenvalue weighted by molar-refractivity contribution is 14.0. The van der Waals surface area contributed by atoms with Crippen LogP contribution in [0.1, 0.15) is 12.0 Å². The second-order valence-corrected chi connectivity index (χ2v) is 6.20. The van der Waals surface area contributed by atoms with Crippen LogP contribution in [0, 0.1) is 11.7 Å². The molecule has 1 aromatic carbocycles. The summed E-state index contributed by atoms with van der Waals surface area (Å²) in [5.74, 6) is 1.12. The van der Waals surface area contributed by atoms with Crippen molar-refractivity contribution in [1.29, 1.82) is 0 Å². The van der Waals surface area contributed by atoms with Gasteiger partial charge in [0, 0.05) is 44.2 Å². The normalized spacial score (nSPS) is 18.0. The quantitative estimate of drug-likeness (QED) is 0.404. The average Bonchev–Trinajstić information content (AvgIpc) is 2.91. The molecule has 7 heteroatoms. The van der Waals surface area contributed by atoms with Crippen LogP contribution in [0.2, 0.25) is 0 Å². The van der Waals surface area contributed by atoms with E-state index in [1.54, 1.807) is 7.05 Å².